The van der Waals surface area contributed by atoms with Gasteiger partial charge in [0, 0.05) is 20.2 Å². The fourth-order valence-corrected chi connectivity index (χ4v) is 3.03. The molecule has 17 heavy (non-hydrogen) atoms. The van der Waals surface area contributed by atoms with Crippen LogP contribution in [0.2, 0.25) is 0 Å². The van der Waals surface area contributed by atoms with Gasteiger partial charge in [-0.25, -0.2) is 0 Å². The number of anilines is 2. The van der Waals surface area contributed by atoms with Crippen LogP contribution >= 0.6 is 11.3 Å². The van der Waals surface area contributed by atoms with Gasteiger partial charge in [0.15, 0.2) is 5.75 Å². The van der Waals surface area contributed by atoms with Gasteiger partial charge in [0.25, 0.3) is 0 Å². The Bertz CT molecular complexity index is 452. The van der Waals surface area contributed by atoms with E-state index in [2.05, 4.69) is 11.0 Å². The fourth-order valence-electron chi connectivity index (χ4n) is 2.01. The van der Waals surface area contributed by atoms with E-state index < -0.39 is 0 Å². The summed E-state index contributed by atoms with van der Waals surface area (Å²) in [4.78, 5) is 2.67. The zero-order valence-corrected chi connectivity index (χ0v) is 10.7. The standard InChI is InChI=1S/C11H15N3O2S/c1-15-7-3-4-14(6-7)11-10(16-2)9(13)8(5-12)17-11/h7H,3-4,6,13H2,1-2H3. The van der Waals surface area contributed by atoms with Gasteiger partial charge < -0.3 is 20.1 Å². The van der Waals surface area contributed by atoms with E-state index in [9.17, 15) is 0 Å². The van der Waals surface area contributed by atoms with E-state index in [1.165, 1.54) is 11.3 Å². The van der Waals surface area contributed by atoms with Crippen molar-refractivity contribution in [3.63, 3.8) is 0 Å². The summed E-state index contributed by atoms with van der Waals surface area (Å²) in [5.41, 5.74) is 6.31. The van der Waals surface area contributed by atoms with E-state index >= 15 is 0 Å². The number of nitrogen functional groups attached to an aromatic ring is 1. The predicted molar refractivity (Wildman–Crippen MR) is 67.6 cm³/mol. The van der Waals surface area contributed by atoms with Crippen molar-refractivity contribution in [2.75, 3.05) is 37.9 Å². The molecule has 0 aromatic carbocycles. The van der Waals surface area contributed by atoms with Gasteiger partial charge in [-0.15, -0.1) is 11.3 Å². The maximum absolute atomic E-state index is 8.97. The molecule has 5 nitrogen and oxygen atoms in total. The molecule has 6 heteroatoms. The molecule has 2 N–H and O–H groups in total. The molecule has 1 atom stereocenters. The molecule has 1 aromatic rings. The van der Waals surface area contributed by atoms with Crippen LogP contribution in [0.3, 0.4) is 0 Å². The number of rotatable bonds is 3. The van der Waals surface area contributed by atoms with E-state index in [-0.39, 0.29) is 6.10 Å². The van der Waals surface area contributed by atoms with Crippen molar-refractivity contribution in [3.05, 3.63) is 4.88 Å². The van der Waals surface area contributed by atoms with Crippen LogP contribution in [0.5, 0.6) is 5.75 Å². The number of hydrogen-bond acceptors (Lipinski definition) is 6. The molecular formula is C11H15N3O2S. The number of ether oxygens (including phenoxy) is 2. The van der Waals surface area contributed by atoms with Crippen molar-refractivity contribution >= 4 is 22.0 Å². The number of nitrogens with two attached hydrogens (primary N) is 1. The van der Waals surface area contributed by atoms with Crippen LogP contribution in [-0.4, -0.2) is 33.4 Å². The third-order valence-corrected chi connectivity index (χ3v) is 4.11. The highest BCUT2D eigenvalue weighted by Crippen LogP contribution is 2.45. The third-order valence-electron chi connectivity index (χ3n) is 2.95. The van der Waals surface area contributed by atoms with Gasteiger partial charge in [-0.3, -0.25) is 0 Å². The van der Waals surface area contributed by atoms with E-state index in [4.69, 9.17) is 20.5 Å². The first-order chi connectivity index (χ1) is 8.21. The Morgan fingerprint density at radius 2 is 2.29 bits per heavy atom. The normalized spacial score (nSPS) is 19.4. The maximum Gasteiger partial charge on any atom is 0.177 e. The molecule has 1 saturated heterocycles. The number of nitriles is 1. The Hall–Kier alpha value is -1.45. The Labute approximate surface area is 104 Å². The van der Waals surface area contributed by atoms with Gasteiger partial charge in [0.2, 0.25) is 0 Å². The van der Waals surface area contributed by atoms with Crippen LogP contribution in [-0.2, 0) is 4.74 Å². The molecular weight excluding hydrogens is 238 g/mol. The topological polar surface area (TPSA) is 71.5 Å². The average molecular weight is 253 g/mol. The lowest BCUT2D eigenvalue weighted by Crippen LogP contribution is -2.21. The number of hydrogen-bond donors (Lipinski definition) is 1. The summed E-state index contributed by atoms with van der Waals surface area (Å²) >= 11 is 1.38. The molecule has 1 aliphatic heterocycles. The van der Waals surface area contributed by atoms with Crippen molar-refractivity contribution in [1.29, 1.82) is 5.26 Å². The largest absolute Gasteiger partial charge is 0.492 e. The quantitative estimate of drug-likeness (QED) is 0.882. The predicted octanol–water partition coefficient (Wildman–Crippen LogP) is 1.44. The maximum atomic E-state index is 8.97. The highest BCUT2D eigenvalue weighted by molar-refractivity contribution is 7.17. The van der Waals surface area contributed by atoms with E-state index in [1.54, 1.807) is 14.2 Å². The summed E-state index contributed by atoms with van der Waals surface area (Å²) in [6.45, 7) is 1.72. The molecule has 1 unspecified atom stereocenters. The minimum absolute atomic E-state index is 0.244. The molecule has 0 bridgehead atoms. The Morgan fingerprint density at radius 1 is 1.53 bits per heavy atom. The molecule has 0 spiro atoms. The van der Waals surface area contributed by atoms with Crippen molar-refractivity contribution in [2.24, 2.45) is 0 Å². The number of methoxy groups -OCH3 is 2. The Balaban J connectivity index is 2.30. The van der Waals surface area contributed by atoms with E-state index in [0.29, 0.717) is 16.3 Å². The molecule has 0 radical (unpaired) electrons. The lowest BCUT2D eigenvalue weighted by Gasteiger charge is -2.17. The minimum Gasteiger partial charge on any atom is -0.492 e. The number of thiophene rings is 1. The third kappa shape index (κ3) is 2.04. The second-order valence-corrected chi connectivity index (χ2v) is 4.89. The fraction of sp³-hybridized carbons (Fsp3) is 0.545. The van der Waals surface area contributed by atoms with Crippen LogP contribution < -0.4 is 15.4 Å². The molecule has 1 fully saturated rings. The molecule has 2 heterocycles. The molecule has 92 valence electrons. The molecule has 1 aliphatic rings. The van der Waals surface area contributed by atoms with Crippen LogP contribution in [0.4, 0.5) is 10.7 Å². The summed E-state index contributed by atoms with van der Waals surface area (Å²) in [6.07, 6.45) is 1.23. The Kier molecular flexibility index (Phi) is 3.41. The van der Waals surface area contributed by atoms with Crippen LogP contribution in [0, 0.1) is 11.3 Å². The summed E-state index contributed by atoms with van der Waals surface area (Å²) < 4.78 is 10.6. The highest BCUT2D eigenvalue weighted by Gasteiger charge is 2.28. The lowest BCUT2D eigenvalue weighted by molar-refractivity contribution is 0.121. The first kappa shape index (κ1) is 12.0. The Morgan fingerprint density at radius 3 is 2.82 bits per heavy atom. The lowest BCUT2D eigenvalue weighted by atomic mass is 10.3. The highest BCUT2D eigenvalue weighted by atomic mass is 32.1. The van der Waals surface area contributed by atoms with Crippen molar-refractivity contribution in [1.82, 2.24) is 0 Å². The molecule has 2 rings (SSSR count). The monoisotopic (exact) mass is 253 g/mol. The zero-order valence-electron chi connectivity index (χ0n) is 9.90. The molecule has 1 aromatic heterocycles. The SMILES string of the molecule is COc1c(N2CCC(OC)C2)sc(C#N)c1N. The molecule has 0 aliphatic carbocycles. The summed E-state index contributed by atoms with van der Waals surface area (Å²) in [5, 5.41) is 9.91. The van der Waals surface area contributed by atoms with Crippen molar-refractivity contribution in [2.45, 2.75) is 12.5 Å². The first-order valence-corrected chi connectivity index (χ1v) is 6.17. The van der Waals surface area contributed by atoms with Gasteiger partial charge in [0.05, 0.1) is 13.2 Å². The second kappa shape index (κ2) is 4.82. The summed E-state index contributed by atoms with van der Waals surface area (Å²) in [5.74, 6) is 0.614. The van der Waals surface area contributed by atoms with Gasteiger partial charge in [-0.2, -0.15) is 5.26 Å². The van der Waals surface area contributed by atoms with Gasteiger partial charge in [-0.05, 0) is 6.42 Å². The van der Waals surface area contributed by atoms with Crippen molar-refractivity contribution < 1.29 is 9.47 Å². The summed E-state index contributed by atoms with van der Waals surface area (Å²) in [6, 6.07) is 2.09. The van der Waals surface area contributed by atoms with Gasteiger partial charge >= 0.3 is 0 Å². The van der Waals surface area contributed by atoms with Crippen LogP contribution in [0.25, 0.3) is 0 Å². The van der Waals surface area contributed by atoms with Gasteiger partial charge in [-0.1, -0.05) is 0 Å². The van der Waals surface area contributed by atoms with Gasteiger partial charge in [0.1, 0.15) is 21.6 Å². The first-order valence-electron chi connectivity index (χ1n) is 5.35. The molecule has 0 amide bonds. The van der Waals surface area contributed by atoms with Crippen molar-refractivity contribution in [3.8, 4) is 11.8 Å². The average Bonchev–Trinajstić information content (AvgIpc) is 2.92. The smallest absolute Gasteiger partial charge is 0.177 e. The van der Waals surface area contributed by atoms with Crippen LogP contribution in [0.1, 0.15) is 11.3 Å². The van der Waals surface area contributed by atoms with Crippen LogP contribution in [0.15, 0.2) is 0 Å². The second-order valence-electron chi connectivity index (χ2n) is 3.89. The molecule has 0 saturated carbocycles. The summed E-state index contributed by atoms with van der Waals surface area (Å²) in [7, 11) is 3.29. The van der Waals surface area contributed by atoms with E-state index in [0.717, 1.165) is 24.5 Å². The zero-order chi connectivity index (χ0) is 12.4. The minimum atomic E-state index is 0.244. The van der Waals surface area contributed by atoms with E-state index in [1.807, 2.05) is 0 Å². The number of nitrogens with zero attached hydrogens (tertiary/aromatic N) is 2.